The topological polar surface area (TPSA) is 95.7 Å². The lowest BCUT2D eigenvalue weighted by molar-refractivity contribution is -0.140. The summed E-state index contributed by atoms with van der Waals surface area (Å²) in [5.74, 6) is -3.43. The van der Waals surface area contributed by atoms with E-state index < -0.39 is 29.6 Å². The number of nitrogens with one attached hydrogen (secondary N) is 1. The van der Waals surface area contributed by atoms with Gasteiger partial charge in [-0.3, -0.25) is 14.4 Å². The van der Waals surface area contributed by atoms with Crippen LogP contribution in [0.3, 0.4) is 0 Å². The number of hydrogen-bond acceptors (Lipinski definition) is 5. The summed E-state index contributed by atoms with van der Waals surface area (Å²) in [4.78, 5) is 42.9. The van der Waals surface area contributed by atoms with E-state index in [4.69, 9.17) is 5.73 Å². The summed E-state index contributed by atoms with van der Waals surface area (Å²) in [5.41, 5.74) is 7.15. The van der Waals surface area contributed by atoms with Crippen LogP contribution in [0.1, 0.15) is 26.4 Å². The van der Waals surface area contributed by atoms with Crippen molar-refractivity contribution < 1.29 is 23.2 Å². The molecule has 1 aliphatic rings. The van der Waals surface area contributed by atoms with Gasteiger partial charge in [-0.15, -0.1) is 11.3 Å². The molecule has 3 amide bonds. The summed E-state index contributed by atoms with van der Waals surface area (Å²) < 4.78 is 27.5. The summed E-state index contributed by atoms with van der Waals surface area (Å²) in [5, 5.41) is 4.63. The quantitative estimate of drug-likeness (QED) is 0.524. The van der Waals surface area contributed by atoms with Crippen molar-refractivity contribution in [2.45, 2.75) is 25.7 Å². The molecule has 0 aliphatic carbocycles. The van der Waals surface area contributed by atoms with Crippen LogP contribution in [-0.4, -0.2) is 46.8 Å². The van der Waals surface area contributed by atoms with Crippen LogP contribution in [0.2, 0.25) is 0 Å². The van der Waals surface area contributed by atoms with Crippen LogP contribution in [0.15, 0.2) is 60.0 Å². The minimum absolute atomic E-state index is 0.0495. The lowest BCUT2D eigenvalue weighted by Gasteiger charge is -2.29. The molecular weight excluding hydrogens is 474 g/mol. The molecule has 0 radical (unpaired) electrons. The Bertz CT molecular complexity index is 1210. The van der Waals surface area contributed by atoms with Gasteiger partial charge in [0.05, 0.1) is 6.42 Å². The Kier molecular flexibility index (Phi) is 7.52. The van der Waals surface area contributed by atoms with Crippen LogP contribution >= 0.6 is 11.3 Å². The van der Waals surface area contributed by atoms with Crippen molar-refractivity contribution in [1.29, 1.82) is 0 Å². The highest BCUT2D eigenvalue weighted by Gasteiger charge is 2.42. The number of rotatable bonds is 7. The smallest absolute Gasteiger partial charge is 0.264 e. The van der Waals surface area contributed by atoms with Crippen molar-refractivity contribution in [3.8, 4) is 0 Å². The molecule has 35 heavy (non-hydrogen) atoms. The van der Waals surface area contributed by atoms with Gasteiger partial charge in [0, 0.05) is 42.7 Å². The zero-order valence-electron chi connectivity index (χ0n) is 18.7. The first kappa shape index (κ1) is 24.5. The summed E-state index contributed by atoms with van der Waals surface area (Å²) in [6, 6.07) is 13.5. The second-order valence-electron chi connectivity index (χ2n) is 8.12. The molecule has 182 valence electrons. The first-order valence-electron chi connectivity index (χ1n) is 11.0. The highest BCUT2D eigenvalue weighted by Crippen LogP contribution is 2.22. The van der Waals surface area contributed by atoms with Gasteiger partial charge in [0.2, 0.25) is 5.91 Å². The van der Waals surface area contributed by atoms with Crippen LogP contribution < -0.4 is 11.1 Å². The highest BCUT2D eigenvalue weighted by molar-refractivity contribution is 7.10. The van der Waals surface area contributed by atoms with E-state index in [0.717, 1.165) is 28.1 Å². The Morgan fingerprint density at radius 3 is 2.37 bits per heavy atom. The van der Waals surface area contributed by atoms with E-state index in [-0.39, 0.29) is 37.5 Å². The number of amides is 3. The van der Waals surface area contributed by atoms with Gasteiger partial charge in [0.1, 0.15) is 11.6 Å². The fourth-order valence-electron chi connectivity index (χ4n) is 4.04. The van der Waals surface area contributed by atoms with Gasteiger partial charge < -0.3 is 20.9 Å². The number of nitrogens with zero attached hydrogens (tertiary/aromatic N) is 2. The second kappa shape index (κ2) is 10.7. The molecule has 7 nitrogen and oxygen atoms in total. The maximum absolute atomic E-state index is 13.8. The zero-order valence-corrected chi connectivity index (χ0v) is 19.6. The molecule has 1 unspecified atom stereocenters. The Morgan fingerprint density at radius 2 is 1.69 bits per heavy atom. The fourth-order valence-corrected chi connectivity index (χ4v) is 4.73. The average molecular weight is 499 g/mol. The molecule has 10 heteroatoms. The first-order chi connectivity index (χ1) is 16.9. The van der Waals surface area contributed by atoms with Gasteiger partial charge in [-0.1, -0.05) is 30.3 Å². The Morgan fingerprint density at radius 1 is 0.971 bits per heavy atom. The molecule has 0 saturated carbocycles. The largest absolute Gasteiger partial charge is 0.349 e. The van der Waals surface area contributed by atoms with Crippen molar-refractivity contribution in [2.75, 3.05) is 13.1 Å². The fraction of sp³-hybridized carbons (Fsp3) is 0.240. The number of hydrogen-bond donors (Lipinski definition) is 2. The molecule has 0 spiro atoms. The van der Waals surface area contributed by atoms with Gasteiger partial charge in [-0.2, -0.15) is 0 Å². The molecule has 2 aromatic carbocycles. The Labute approximate surface area is 205 Å². The molecule has 0 bridgehead atoms. The van der Waals surface area contributed by atoms with E-state index in [9.17, 15) is 23.2 Å². The second-order valence-corrected chi connectivity index (χ2v) is 9.15. The van der Waals surface area contributed by atoms with Gasteiger partial charge in [-0.25, -0.2) is 8.78 Å². The van der Waals surface area contributed by atoms with Gasteiger partial charge in [0.15, 0.2) is 6.17 Å². The lowest BCUT2D eigenvalue weighted by atomic mass is 10.1. The van der Waals surface area contributed by atoms with Crippen LogP contribution in [-0.2, 0) is 29.1 Å². The molecule has 4 rings (SSSR count). The van der Waals surface area contributed by atoms with E-state index in [2.05, 4.69) is 5.32 Å². The molecule has 1 atom stereocenters. The summed E-state index contributed by atoms with van der Waals surface area (Å²) in [6.45, 7) is 0.678. The molecule has 1 saturated heterocycles. The Hall–Kier alpha value is -3.63. The van der Waals surface area contributed by atoms with Crippen LogP contribution in [0.4, 0.5) is 8.78 Å². The summed E-state index contributed by atoms with van der Waals surface area (Å²) in [6.07, 6.45) is -1.17. The summed E-state index contributed by atoms with van der Waals surface area (Å²) >= 11 is 1.42. The summed E-state index contributed by atoms with van der Waals surface area (Å²) in [7, 11) is 0. The molecule has 3 N–H and O–H groups in total. The van der Waals surface area contributed by atoms with Gasteiger partial charge in [-0.05, 0) is 34.7 Å². The first-order valence-corrected chi connectivity index (χ1v) is 11.9. The SMILES string of the molecule is NCc1cccc(CNC(=O)C2N(C(=O)Cc3cccs3)CCN2C(=O)c2cc(F)cc(F)c2)c1. The lowest BCUT2D eigenvalue weighted by Crippen LogP contribution is -2.54. The van der Waals surface area contributed by atoms with Crippen molar-refractivity contribution in [3.63, 3.8) is 0 Å². The van der Waals surface area contributed by atoms with Gasteiger partial charge in [0.25, 0.3) is 11.8 Å². The predicted molar refractivity (Wildman–Crippen MR) is 127 cm³/mol. The third kappa shape index (κ3) is 5.72. The van der Waals surface area contributed by atoms with Crippen molar-refractivity contribution >= 4 is 29.1 Å². The van der Waals surface area contributed by atoms with Crippen LogP contribution in [0, 0.1) is 11.6 Å². The maximum Gasteiger partial charge on any atom is 0.264 e. The standard InChI is InChI=1S/C25H24F2N4O3S/c26-19-10-18(11-20(27)12-19)25(34)31-7-6-30(22(32)13-21-5-2-8-35-21)24(31)23(33)29-15-17-4-1-3-16(9-17)14-28/h1-5,8-12,24H,6-7,13-15,28H2,(H,29,33). The third-order valence-electron chi connectivity index (χ3n) is 5.70. The van der Waals surface area contributed by atoms with Crippen molar-refractivity contribution in [1.82, 2.24) is 15.1 Å². The third-order valence-corrected chi connectivity index (χ3v) is 6.57. The molecular formula is C25H24F2N4O3S. The predicted octanol–water partition coefficient (Wildman–Crippen LogP) is 2.65. The number of nitrogens with two attached hydrogens (primary N) is 1. The van der Waals surface area contributed by atoms with Crippen molar-refractivity contribution in [2.24, 2.45) is 5.73 Å². The van der Waals surface area contributed by atoms with Crippen molar-refractivity contribution in [3.05, 3.63) is 93.2 Å². The molecule has 3 aromatic rings. The Balaban J connectivity index is 1.57. The molecule has 1 aliphatic heterocycles. The normalized spacial score (nSPS) is 15.3. The molecule has 2 heterocycles. The van der Waals surface area contributed by atoms with Gasteiger partial charge >= 0.3 is 0 Å². The molecule has 1 fully saturated rings. The van der Waals surface area contributed by atoms with E-state index in [1.54, 1.807) is 0 Å². The number of carbonyl (C=O) groups is 3. The van der Waals surface area contributed by atoms with Crippen LogP contribution in [0.25, 0.3) is 0 Å². The minimum atomic E-state index is -1.25. The minimum Gasteiger partial charge on any atom is -0.349 e. The van der Waals surface area contributed by atoms with E-state index >= 15 is 0 Å². The number of benzene rings is 2. The number of halogens is 2. The number of carbonyl (C=O) groups excluding carboxylic acids is 3. The highest BCUT2D eigenvalue weighted by atomic mass is 32.1. The van der Waals surface area contributed by atoms with E-state index in [1.807, 2.05) is 41.8 Å². The van der Waals surface area contributed by atoms with Crippen LogP contribution in [0.5, 0.6) is 0 Å². The monoisotopic (exact) mass is 498 g/mol. The molecule has 1 aromatic heterocycles. The van der Waals surface area contributed by atoms with E-state index in [0.29, 0.717) is 12.6 Å². The van der Waals surface area contributed by atoms with E-state index in [1.165, 1.54) is 21.1 Å². The zero-order chi connectivity index (χ0) is 24.9. The average Bonchev–Trinajstić information content (AvgIpc) is 3.51. The maximum atomic E-state index is 13.8. The number of thiophene rings is 1.